The van der Waals surface area contributed by atoms with E-state index in [4.69, 9.17) is 16.3 Å². The molecule has 1 heterocycles. The van der Waals surface area contributed by atoms with Crippen LogP contribution in [0.3, 0.4) is 0 Å². The third kappa shape index (κ3) is 4.52. The highest BCUT2D eigenvalue weighted by Gasteiger charge is 2.41. The van der Waals surface area contributed by atoms with Crippen LogP contribution in [0.15, 0.2) is 65.6 Å². The Morgan fingerprint density at radius 1 is 1.09 bits per heavy atom. The van der Waals surface area contributed by atoms with Gasteiger partial charge in [-0.25, -0.2) is 8.42 Å². The highest BCUT2D eigenvalue weighted by atomic mass is 35.5. The molecule has 1 atom stereocenters. The summed E-state index contributed by atoms with van der Waals surface area (Å²) in [6.45, 7) is -0.486. The summed E-state index contributed by atoms with van der Waals surface area (Å²) < 4.78 is 33.2. The van der Waals surface area contributed by atoms with Crippen LogP contribution in [0.1, 0.15) is 23.2 Å². The number of carbonyl (C=O) groups excluding carboxylic acids is 2. The number of sulfonamides is 1. The van der Waals surface area contributed by atoms with Gasteiger partial charge in [0.15, 0.2) is 12.4 Å². The van der Waals surface area contributed by atoms with Gasteiger partial charge >= 0.3 is 5.97 Å². The molecule has 0 aromatic heterocycles. The van der Waals surface area contributed by atoms with E-state index < -0.39 is 39.3 Å². The fourth-order valence-electron chi connectivity index (χ4n) is 3.95. The Hall–Kier alpha value is -3.34. The molecule has 1 aliphatic rings. The molecular formula is C23H19ClN2O7S. The van der Waals surface area contributed by atoms with Crippen LogP contribution in [0.4, 0.5) is 5.69 Å². The maximum atomic E-state index is 13.5. The van der Waals surface area contributed by atoms with E-state index in [1.165, 1.54) is 30.3 Å². The predicted octanol–water partition coefficient (Wildman–Crippen LogP) is 3.98. The molecule has 1 fully saturated rings. The quantitative estimate of drug-likeness (QED) is 0.207. The topological polar surface area (TPSA) is 124 Å². The van der Waals surface area contributed by atoms with Gasteiger partial charge in [-0.2, -0.15) is 4.31 Å². The number of carbonyl (C=O) groups is 2. The minimum absolute atomic E-state index is 0.00254. The van der Waals surface area contributed by atoms with Crippen molar-refractivity contribution in [2.24, 2.45) is 0 Å². The smallest absolute Gasteiger partial charge is 0.324 e. The second-order valence-corrected chi connectivity index (χ2v) is 9.97. The lowest BCUT2D eigenvalue weighted by atomic mass is 10.1. The molecule has 0 radical (unpaired) electrons. The van der Waals surface area contributed by atoms with Crippen molar-refractivity contribution in [2.45, 2.75) is 23.8 Å². The zero-order chi connectivity index (χ0) is 24.5. The molecule has 0 spiro atoms. The van der Waals surface area contributed by atoms with Crippen LogP contribution in [0, 0.1) is 10.1 Å². The molecule has 9 nitrogen and oxygen atoms in total. The number of ketones is 1. The number of halogens is 1. The number of nitro benzene ring substituents is 1. The van der Waals surface area contributed by atoms with Crippen LogP contribution in [0.5, 0.6) is 0 Å². The summed E-state index contributed by atoms with van der Waals surface area (Å²) >= 11 is 6.29. The van der Waals surface area contributed by atoms with Crippen molar-refractivity contribution in [3.63, 3.8) is 0 Å². The van der Waals surface area contributed by atoms with E-state index >= 15 is 0 Å². The van der Waals surface area contributed by atoms with E-state index in [9.17, 15) is 28.1 Å². The van der Waals surface area contributed by atoms with Crippen molar-refractivity contribution in [1.82, 2.24) is 4.31 Å². The molecule has 1 saturated heterocycles. The van der Waals surface area contributed by atoms with E-state index in [2.05, 4.69) is 0 Å². The summed E-state index contributed by atoms with van der Waals surface area (Å²) in [5.74, 6) is -1.39. The van der Waals surface area contributed by atoms with Gasteiger partial charge in [0.2, 0.25) is 10.0 Å². The monoisotopic (exact) mass is 502 g/mol. The molecule has 4 rings (SSSR count). The SMILES string of the molecule is O=C(COC(=O)C1CCCN1S(=O)(=O)c1cccc2cccc(Cl)c12)c1ccc([N+](=O)[O-])cc1. The lowest BCUT2D eigenvalue weighted by molar-refractivity contribution is -0.384. The van der Waals surface area contributed by atoms with Crippen LogP contribution in [0.2, 0.25) is 5.02 Å². The third-order valence-corrected chi connectivity index (χ3v) is 7.89. The van der Waals surface area contributed by atoms with Crippen LogP contribution >= 0.6 is 11.6 Å². The minimum atomic E-state index is -4.09. The molecular weight excluding hydrogens is 484 g/mol. The van der Waals surface area contributed by atoms with Crippen molar-refractivity contribution in [3.8, 4) is 0 Å². The molecule has 3 aromatic rings. The molecule has 0 aliphatic carbocycles. The number of ether oxygens (including phenoxy) is 1. The van der Waals surface area contributed by atoms with Gasteiger partial charge in [0.25, 0.3) is 5.69 Å². The zero-order valence-corrected chi connectivity index (χ0v) is 19.3. The van der Waals surface area contributed by atoms with E-state index in [0.29, 0.717) is 17.2 Å². The highest BCUT2D eigenvalue weighted by Crippen LogP contribution is 2.34. The molecule has 34 heavy (non-hydrogen) atoms. The van der Waals surface area contributed by atoms with Crippen LogP contribution < -0.4 is 0 Å². The van der Waals surface area contributed by atoms with Crippen molar-refractivity contribution >= 4 is 49.8 Å². The summed E-state index contributed by atoms with van der Waals surface area (Å²) in [6, 6.07) is 13.7. The van der Waals surface area contributed by atoms with Crippen LogP contribution in [0.25, 0.3) is 10.8 Å². The molecule has 1 aliphatic heterocycles. The first-order valence-corrected chi connectivity index (χ1v) is 12.2. The Labute approximate surface area is 200 Å². The number of esters is 1. The molecule has 0 saturated carbocycles. The number of Topliss-reactive ketones (excluding diaryl/α,β-unsaturated/α-hetero) is 1. The van der Waals surface area contributed by atoms with Crippen molar-refractivity contribution in [1.29, 1.82) is 0 Å². The molecule has 11 heteroatoms. The lowest BCUT2D eigenvalue weighted by Crippen LogP contribution is -2.41. The summed E-state index contributed by atoms with van der Waals surface area (Å²) in [4.78, 5) is 35.2. The molecule has 3 aromatic carbocycles. The fourth-order valence-corrected chi connectivity index (χ4v) is 6.18. The summed E-state index contributed by atoms with van der Waals surface area (Å²) in [7, 11) is -4.09. The average molecular weight is 503 g/mol. The normalized spacial score (nSPS) is 16.4. The van der Waals surface area contributed by atoms with Gasteiger partial charge in [-0.3, -0.25) is 19.7 Å². The van der Waals surface area contributed by atoms with Gasteiger partial charge in [0, 0.05) is 34.6 Å². The van der Waals surface area contributed by atoms with Crippen molar-refractivity contribution in [3.05, 3.63) is 81.4 Å². The number of nitrogens with zero attached hydrogens (tertiary/aromatic N) is 2. The zero-order valence-electron chi connectivity index (χ0n) is 17.7. The van der Waals surface area contributed by atoms with Gasteiger partial charge in [-0.05, 0) is 42.5 Å². The number of hydrogen-bond acceptors (Lipinski definition) is 7. The maximum Gasteiger partial charge on any atom is 0.324 e. The van der Waals surface area contributed by atoms with E-state index in [1.54, 1.807) is 30.3 Å². The van der Waals surface area contributed by atoms with Crippen LogP contribution in [-0.4, -0.2) is 48.6 Å². The Balaban J connectivity index is 1.51. The number of rotatable bonds is 7. The van der Waals surface area contributed by atoms with Gasteiger partial charge in [0.1, 0.15) is 6.04 Å². The Morgan fingerprint density at radius 3 is 2.44 bits per heavy atom. The number of hydrogen-bond donors (Lipinski definition) is 0. The molecule has 1 unspecified atom stereocenters. The van der Waals surface area contributed by atoms with Gasteiger partial charge < -0.3 is 4.74 Å². The third-order valence-electron chi connectivity index (χ3n) is 5.62. The second-order valence-electron chi connectivity index (χ2n) is 7.70. The van der Waals surface area contributed by atoms with Crippen molar-refractivity contribution in [2.75, 3.05) is 13.2 Å². The van der Waals surface area contributed by atoms with E-state index in [0.717, 1.165) is 4.31 Å². The fraction of sp³-hybridized carbons (Fsp3) is 0.217. The summed E-state index contributed by atoms with van der Waals surface area (Å²) in [5, 5.41) is 12.0. The number of nitro groups is 1. The predicted molar refractivity (Wildman–Crippen MR) is 124 cm³/mol. The first-order valence-electron chi connectivity index (χ1n) is 10.3. The Bertz CT molecular complexity index is 1380. The summed E-state index contributed by atoms with van der Waals surface area (Å²) in [5.41, 5.74) is -0.0337. The number of benzene rings is 3. The van der Waals surface area contributed by atoms with E-state index in [-0.39, 0.29) is 34.1 Å². The van der Waals surface area contributed by atoms with Crippen molar-refractivity contribution < 1.29 is 27.7 Å². The molecule has 176 valence electrons. The van der Waals surface area contributed by atoms with Gasteiger partial charge in [-0.15, -0.1) is 0 Å². The first kappa shape index (κ1) is 23.8. The molecule has 0 bridgehead atoms. The molecule has 0 N–H and O–H groups in total. The summed E-state index contributed by atoms with van der Waals surface area (Å²) in [6.07, 6.45) is 0.704. The van der Waals surface area contributed by atoms with Gasteiger partial charge in [0.05, 0.1) is 9.82 Å². The maximum absolute atomic E-state index is 13.5. The Kier molecular flexibility index (Phi) is 6.65. The standard InChI is InChI=1S/C23H19ClN2O7S/c24-18-6-1-4-16-5-2-8-21(22(16)18)34(31,32)25-13-3-7-19(25)23(28)33-14-20(27)15-9-11-17(12-10-15)26(29)30/h1-2,4-6,8-12,19H,3,7,13-14H2. The first-order chi connectivity index (χ1) is 16.2. The minimum Gasteiger partial charge on any atom is -0.456 e. The number of non-ortho nitro benzene ring substituents is 1. The van der Waals surface area contributed by atoms with E-state index in [1.807, 2.05) is 0 Å². The second kappa shape index (κ2) is 9.49. The van der Waals surface area contributed by atoms with Crippen LogP contribution in [-0.2, 0) is 19.6 Å². The number of fused-ring (bicyclic) bond motifs is 1. The molecule has 0 amide bonds. The Morgan fingerprint density at radius 2 is 1.76 bits per heavy atom. The average Bonchev–Trinajstić information content (AvgIpc) is 3.33. The largest absolute Gasteiger partial charge is 0.456 e. The lowest BCUT2D eigenvalue weighted by Gasteiger charge is -2.23. The van der Waals surface area contributed by atoms with Gasteiger partial charge in [-0.1, -0.05) is 35.9 Å². The highest BCUT2D eigenvalue weighted by molar-refractivity contribution is 7.89.